The largest absolute Gasteiger partial charge is 0.321 e. The van der Waals surface area contributed by atoms with Crippen molar-refractivity contribution in [2.75, 3.05) is 16.8 Å². The summed E-state index contributed by atoms with van der Waals surface area (Å²) in [6.45, 7) is 4.27. The summed E-state index contributed by atoms with van der Waals surface area (Å²) in [5.74, 6) is 0.555. The van der Waals surface area contributed by atoms with E-state index in [0.29, 0.717) is 18.0 Å². The highest BCUT2D eigenvalue weighted by Crippen LogP contribution is 2.31. The van der Waals surface area contributed by atoms with Crippen molar-refractivity contribution in [1.82, 2.24) is 9.78 Å². The van der Waals surface area contributed by atoms with Gasteiger partial charge >= 0.3 is 0 Å². The minimum atomic E-state index is -3.00. The number of carbonyl (C=O) groups excluding carboxylic acids is 1. The van der Waals surface area contributed by atoms with Gasteiger partial charge in [-0.3, -0.25) is 9.48 Å². The normalized spacial score (nSPS) is 20.9. The van der Waals surface area contributed by atoms with Gasteiger partial charge in [0.2, 0.25) is 0 Å². The van der Waals surface area contributed by atoms with Crippen LogP contribution in [0.15, 0.2) is 24.3 Å². The van der Waals surface area contributed by atoms with E-state index in [-0.39, 0.29) is 23.5 Å². The molecule has 0 saturated carbocycles. The predicted octanol–water partition coefficient (Wildman–Crippen LogP) is 3.50. The van der Waals surface area contributed by atoms with Gasteiger partial charge in [-0.1, -0.05) is 26.0 Å². The van der Waals surface area contributed by atoms with Gasteiger partial charge in [0, 0.05) is 16.9 Å². The minimum Gasteiger partial charge on any atom is -0.321 e. The van der Waals surface area contributed by atoms with Gasteiger partial charge in [-0.25, -0.2) is 8.42 Å². The first-order valence-electron chi connectivity index (χ1n) is 10.1. The number of rotatable bonds is 4. The van der Waals surface area contributed by atoms with Crippen LogP contribution in [0.2, 0.25) is 0 Å². The Kier molecular flexibility index (Phi) is 5.04. The molecule has 4 rings (SSSR count). The highest BCUT2D eigenvalue weighted by atomic mass is 32.2. The van der Waals surface area contributed by atoms with Crippen molar-refractivity contribution in [3.63, 3.8) is 0 Å². The van der Waals surface area contributed by atoms with Gasteiger partial charge < -0.3 is 5.32 Å². The molecule has 2 aromatic rings. The van der Waals surface area contributed by atoms with Crippen LogP contribution >= 0.6 is 0 Å². The molecule has 2 heterocycles. The molecule has 1 aliphatic carbocycles. The fraction of sp³-hybridized carbons (Fsp3) is 0.524. The fourth-order valence-electron chi connectivity index (χ4n) is 4.22. The van der Waals surface area contributed by atoms with Gasteiger partial charge in [0.1, 0.15) is 0 Å². The lowest BCUT2D eigenvalue weighted by atomic mass is 9.95. The van der Waals surface area contributed by atoms with Crippen molar-refractivity contribution in [3.05, 3.63) is 46.8 Å². The molecule has 1 atom stereocenters. The second-order valence-electron chi connectivity index (χ2n) is 8.21. The van der Waals surface area contributed by atoms with E-state index < -0.39 is 9.84 Å². The second kappa shape index (κ2) is 7.35. The summed E-state index contributed by atoms with van der Waals surface area (Å²) in [6, 6.07) is 7.74. The lowest BCUT2D eigenvalue weighted by Crippen LogP contribution is -2.17. The zero-order valence-corrected chi connectivity index (χ0v) is 17.3. The molecule has 0 bridgehead atoms. The zero-order valence-electron chi connectivity index (χ0n) is 16.4. The molecule has 1 N–H and O–H groups in total. The minimum absolute atomic E-state index is 0.124. The molecular weight excluding hydrogens is 374 g/mol. The first-order chi connectivity index (χ1) is 13.3. The molecule has 150 valence electrons. The van der Waals surface area contributed by atoms with E-state index in [2.05, 4.69) is 24.3 Å². The van der Waals surface area contributed by atoms with Crippen LogP contribution in [0, 0.1) is 0 Å². The van der Waals surface area contributed by atoms with E-state index >= 15 is 0 Å². The van der Waals surface area contributed by atoms with Crippen LogP contribution in [0.3, 0.4) is 0 Å². The van der Waals surface area contributed by atoms with Crippen LogP contribution < -0.4 is 5.32 Å². The molecule has 7 heteroatoms. The van der Waals surface area contributed by atoms with Gasteiger partial charge in [-0.05, 0) is 55.7 Å². The van der Waals surface area contributed by atoms with Crippen LogP contribution in [-0.4, -0.2) is 35.6 Å². The maximum Gasteiger partial charge on any atom is 0.276 e. The van der Waals surface area contributed by atoms with E-state index in [1.807, 2.05) is 28.9 Å². The third kappa shape index (κ3) is 3.72. The molecule has 1 saturated heterocycles. The number of anilines is 1. The number of fused-ring (bicyclic) bond motifs is 1. The van der Waals surface area contributed by atoms with Crippen LogP contribution in [0.5, 0.6) is 0 Å². The van der Waals surface area contributed by atoms with E-state index in [4.69, 9.17) is 0 Å². The van der Waals surface area contributed by atoms with E-state index in [9.17, 15) is 13.2 Å². The van der Waals surface area contributed by atoms with Gasteiger partial charge in [0.15, 0.2) is 15.5 Å². The van der Waals surface area contributed by atoms with Crippen LogP contribution in [0.1, 0.15) is 72.4 Å². The number of nitrogens with zero attached hydrogens (tertiary/aromatic N) is 2. The molecule has 1 fully saturated rings. The third-order valence-electron chi connectivity index (χ3n) is 5.81. The Morgan fingerprint density at radius 2 is 1.89 bits per heavy atom. The number of benzene rings is 1. The topological polar surface area (TPSA) is 81.1 Å². The first-order valence-corrected chi connectivity index (χ1v) is 11.9. The van der Waals surface area contributed by atoms with E-state index in [1.54, 1.807) is 0 Å². The van der Waals surface area contributed by atoms with Gasteiger partial charge in [0.05, 0.1) is 17.5 Å². The maximum absolute atomic E-state index is 13.0. The van der Waals surface area contributed by atoms with Gasteiger partial charge in [-0.15, -0.1) is 0 Å². The Balaban J connectivity index is 1.61. The standard InChI is InChI=1S/C21H27N3O3S/c1-14(2)15-7-9-16(10-8-15)22-21(25)20-18-5-3-4-6-19(18)24(23-20)17-11-12-28(26,27)13-17/h7-10,14,17H,3-6,11-13H2,1-2H3,(H,22,25). The van der Waals surface area contributed by atoms with E-state index in [0.717, 1.165) is 42.6 Å². The molecule has 0 spiro atoms. The summed E-state index contributed by atoms with van der Waals surface area (Å²) in [6.07, 6.45) is 4.34. The number of hydrogen-bond acceptors (Lipinski definition) is 4. The summed E-state index contributed by atoms with van der Waals surface area (Å²) >= 11 is 0. The monoisotopic (exact) mass is 401 g/mol. The van der Waals surface area contributed by atoms with Crippen LogP contribution in [-0.2, 0) is 22.7 Å². The van der Waals surface area contributed by atoms with Crippen molar-refractivity contribution in [2.24, 2.45) is 0 Å². The van der Waals surface area contributed by atoms with E-state index in [1.165, 1.54) is 5.56 Å². The maximum atomic E-state index is 13.0. The lowest BCUT2D eigenvalue weighted by molar-refractivity contribution is 0.102. The Morgan fingerprint density at radius 3 is 2.54 bits per heavy atom. The number of carbonyl (C=O) groups is 1. The summed E-state index contributed by atoms with van der Waals surface area (Å²) in [7, 11) is -3.00. The molecule has 6 nitrogen and oxygen atoms in total. The highest BCUT2D eigenvalue weighted by Gasteiger charge is 2.34. The quantitative estimate of drug-likeness (QED) is 0.850. The summed E-state index contributed by atoms with van der Waals surface area (Å²) in [5.41, 5.74) is 4.46. The first kappa shape index (κ1) is 19.2. The molecule has 1 unspecified atom stereocenters. The Labute approximate surface area is 166 Å². The van der Waals surface area contributed by atoms with Crippen LogP contribution in [0.4, 0.5) is 5.69 Å². The number of amides is 1. The molecule has 1 aliphatic heterocycles. The van der Waals surface area contributed by atoms with Crippen molar-refractivity contribution >= 4 is 21.4 Å². The van der Waals surface area contributed by atoms with Gasteiger partial charge in [-0.2, -0.15) is 5.10 Å². The van der Waals surface area contributed by atoms with Crippen molar-refractivity contribution < 1.29 is 13.2 Å². The SMILES string of the molecule is CC(C)c1ccc(NC(=O)c2nn(C3CCS(=O)(=O)C3)c3c2CCCC3)cc1. The molecule has 28 heavy (non-hydrogen) atoms. The smallest absolute Gasteiger partial charge is 0.276 e. The summed E-state index contributed by atoms with van der Waals surface area (Å²) in [4.78, 5) is 13.0. The van der Waals surface area contributed by atoms with Crippen molar-refractivity contribution in [1.29, 1.82) is 0 Å². The Morgan fingerprint density at radius 1 is 1.18 bits per heavy atom. The number of sulfone groups is 1. The van der Waals surface area contributed by atoms with Gasteiger partial charge in [0.25, 0.3) is 5.91 Å². The summed E-state index contributed by atoms with van der Waals surface area (Å²) < 4.78 is 25.7. The molecule has 2 aliphatic rings. The average molecular weight is 402 g/mol. The lowest BCUT2D eigenvalue weighted by Gasteiger charge is -2.17. The average Bonchev–Trinajstić information content (AvgIpc) is 3.22. The highest BCUT2D eigenvalue weighted by molar-refractivity contribution is 7.91. The molecular formula is C21H27N3O3S. The molecule has 1 aromatic heterocycles. The molecule has 0 radical (unpaired) electrons. The van der Waals surface area contributed by atoms with Crippen molar-refractivity contribution in [3.8, 4) is 0 Å². The number of hydrogen-bond donors (Lipinski definition) is 1. The third-order valence-corrected chi connectivity index (χ3v) is 7.56. The zero-order chi connectivity index (χ0) is 19.9. The number of aromatic nitrogens is 2. The second-order valence-corrected chi connectivity index (χ2v) is 10.4. The predicted molar refractivity (Wildman–Crippen MR) is 110 cm³/mol. The molecule has 1 aromatic carbocycles. The van der Waals surface area contributed by atoms with Crippen LogP contribution in [0.25, 0.3) is 0 Å². The molecule has 1 amide bonds. The fourth-order valence-corrected chi connectivity index (χ4v) is 5.91. The summed E-state index contributed by atoms with van der Waals surface area (Å²) in [5, 5.41) is 7.58. The Hall–Kier alpha value is -2.15. The number of nitrogens with one attached hydrogen (secondary N) is 1. The van der Waals surface area contributed by atoms with Crippen molar-refractivity contribution in [2.45, 2.75) is 57.9 Å². The Bertz CT molecular complexity index is 991.